The second-order valence-electron chi connectivity index (χ2n) is 5.53. The number of carbonyl (C=O) groups excluding carboxylic acids is 3. The Morgan fingerprint density at radius 1 is 1.30 bits per heavy atom. The summed E-state index contributed by atoms with van der Waals surface area (Å²) in [4.78, 5) is 42.9. The van der Waals surface area contributed by atoms with Gasteiger partial charge in [0, 0.05) is 6.54 Å². The number of hydrogen-bond donors (Lipinski definition) is 3. The summed E-state index contributed by atoms with van der Waals surface area (Å²) in [5.74, 6) is -9.88. The van der Waals surface area contributed by atoms with Crippen LogP contribution in [0.15, 0.2) is 30.3 Å². The van der Waals surface area contributed by atoms with Crippen molar-refractivity contribution in [2.45, 2.75) is 31.6 Å². The lowest BCUT2D eigenvalue weighted by Gasteiger charge is -2.35. The number of hydrogen-bond acceptors (Lipinski definition) is 11. The zero-order valence-corrected chi connectivity index (χ0v) is 14.7. The Labute approximate surface area is 154 Å². The third-order valence-corrected chi connectivity index (χ3v) is 3.58. The fraction of sp³-hybridized carbons (Fsp3) is 0.438. The molecule has 1 heterocycles. The molecule has 0 saturated carbocycles. The van der Waals surface area contributed by atoms with Crippen LogP contribution in [0.25, 0.3) is 0 Å². The molecule has 3 N–H and O–H groups in total. The molecular formula is C16H20N2O9. The highest BCUT2D eigenvalue weighted by molar-refractivity contribution is 6.11. The normalized spacial score (nSPS) is 20.6. The summed E-state index contributed by atoms with van der Waals surface area (Å²) in [5.41, 5.74) is 3.24. The molecular weight excluding hydrogens is 364 g/mol. The number of nitrogens with one attached hydrogen (secondary N) is 1. The van der Waals surface area contributed by atoms with E-state index >= 15 is 0 Å². The Hall–Kier alpha value is -2.57. The van der Waals surface area contributed by atoms with Crippen molar-refractivity contribution in [3.05, 3.63) is 35.9 Å². The van der Waals surface area contributed by atoms with Crippen LogP contribution in [0, 0.1) is 0 Å². The van der Waals surface area contributed by atoms with Crippen molar-refractivity contribution in [2.75, 3.05) is 13.6 Å². The maximum atomic E-state index is 12.3. The van der Waals surface area contributed by atoms with Gasteiger partial charge in [0.15, 0.2) is 0 Å². The third-order valence-electron chi connectivity index (χ3n) is 3.58. The zero-order valence-electron chi connectivity index (χ0n) is 14.7. The molecule has 11 nitrogen and oxygen atoms in total. The number of carbonyl (C=O) groups is 3. The van der Waals surface area contributed by atoms with Gasteiger partial charge in [-0.15, -0.1) is 0 Å². The molecule has 148 valence electrons. The van der Waals surface area contributed by atoms with Gasteiger partial charge in [0.25, 0.3) is 0 Å². The number of aliphatic hydroxyl groups is 2. The zero-order chi connectivity index (χ0) is 20.1. The summed E-state index contributed by atoms with van der Waals surface area (Å²) >= 11 is 0. The molecule has 1 saturated heterocycles. The summed E-state index contributed by atoms with van der Waals surface area (Å²) in [6.45, 7) is 1.78. The molecule has 1 fully saturated rings. The summed E-state index contributed by atoms with van der Waals surface area (Å²) in [5, 5.41) is 21.1. The summed E-state index contributed by atoms with van der Waals surface area (Å²) in [7, 11) is 1.44. The van der Waals surface area contributed by atoms with E-state index in [0.717, 1.165) is 5.01 Å². The Bertz CT molecular complexity index is 698. The SMILES string of the molecule is CCCN(NC)C(O)(OCc1ccccc1)C(=O)OOC(=O)C1(O)OC1=O. The van der Waals surface area contributed by atoms with Crippen LogP contribution in [0.4, 0.5) is 0 Å². The quantitative estimate of drug-likeness (QED) is 0.157. The number of rotatable bonds is 9. The highest BCUT2D eigenvalue weighted by atomic mass is 17.2. The molecule has 0 aliphatic carbocycles. The second kappa shape index (κ2) is 8.41. The molecule has 1 aliphatic rings. The predicted octanol–water partition coefficient (Wildman–Crippen LogP) is -1.06. The molecule has 0 aromatic heterocycles. The van der Waals surface area contributed by atoms with E-state index < -0.39 is 29.6 Å². The monoisotopic (exact) mass is 384 g/mol. The van der Waals surface area contributed by atoms with E-state index in [2.05, 4.69) is 19.9 Å². The largest absolute Gasteiger partial charge is 0.439 e. The Morgan fingerprint density at radius 3 is 2.44 bits per heavy atom. The van der Waals surface area contributed by atoms with Crippen molar-refractivity contribution in [3.8, 4) is 0 Å². The number of ether oxygens (including phenoxy) is 2. The minimum atomic E-state index is -2.80. The molecule has 27 heavy (non-hydrogen) atoms. The molecule has 2 unspecified atom stereocenters. The molecule has 0 bridgehead atoms. The maximum Gasteiger partial charge on any atom is 0.439 e. The summed E-state index contributed by atoms with van der Waals surface area (Å²) in [6, 6.07) is 8.69. The van der Waals surface area contributed by atoms with Crippen molar-refractivity contribution < 1.29 is 43.8 Å². The first-order valence-electron chi connectivity index (χ1n) is 8.02. The molecule has 1 aliphatic heterocycles. The summed E-state index contributed by atoms with van der Waals surface area (Å²) in [6.07, 6.45) is 0.521. The van der Waals surface area contributed by atoms with Crippen molar-refractivity contribution in [1.82, 2.24) is 10.4 Å². The second-order valence-corrected chi connectivity index (χ2v) is 5.53. The molecule has 11 heteroatoms. The van der Waals surface area contributed by atoms with Gasteiger partial charge in [-0.3, -0.25) is 5.43 Å². The van der Waals surface area contributed by atoms with E-state index in [-0.39, 0.29) is 13.2 Å². The average Bonchev–Trinajstić information content (AvgIpc) is 3.30. The van der Waals surface area contributed by atoms with Crippen LogP contribution in [0.5, 0.6) is 0 Å². The Balaban J connectivity index is 2.08. The van der Waals surface area contributed by atoms with E-state index in [0.29, 0.717) is 12.0 Å². The van der Waals surface area contributed by atoms with Crippen molar-refractivity contribution in [1.29, 1.82) is 0 Å². The molecule has 2 atom stereocenters. The minimum Gasteiger partial charge on any atom is -0.407 e. The number of epoxide rings is 1. The molecule has 0 radical (unpaired) electrons. The van der Waals surface area contributed by atoms with Gasteiger partial charge in [-0.25, -0.2) is 24.2 Å². The van der Waals surface area contributed by atoms with Gasteiger partial charge in [-0.1, -0.05) is 37.3 Å². The first-order chi connectivity index (χ1) is 12.8. The highest BCUT2D eigenvalue weighted by Gasteiger charge is 2.67. The molecule has 1 aromatic carbocycles. The molecule has 2 rings (SSSR count). The van der Waals surface area contributed by atoms with E-state index in [1.807, 2.05) is 0 Å². The molecule has 0 spiro atoms. The predicted molar refractivity (Wildman–Crippen MR) is 85.5 cm³/mol. The number of cyclic esters (lactones) is 1. The van der Waals surface area contributed by atoms with E-state index in [9.17, 15) is 24.6 Å². The van der Waals surface area contributed by atoms with Crippen molar-refractivity contribution >= 4 is 17.9 Å². The van der Waals surface area contributed by atoms with Crippen molar-refractivity contribution in [2.24, 2.45) is 0 Å². The van der Waals surface area contributed by atoms with Crippen LogP contribution in [-0.4, -0.2) is 58.4 Å². The highest BCUT2D eigenvalue weighted by Crippen LogP contribution is 2.27. The van der Waals surface area contributed by atoms with Gasteiger partial charge >= 0.3 is 29.6 Å². The Morgan fingerprint density at radius 2 is 1.93 bits per heavy atom. The van der Waals surface area contributed by atoms with Gasteiger partial charge in [-0.05, 0) is 19.0 Å². The first kappa shape index (κ1) is 20.7. The fourth-order valence-corrected chi connectivity index (χ4v) is 2.06. The van der Waals surface area contributed by atoms with Crippen LogP contribution >= 0.6 is 0 Å². The van der Waals surface area contributed by atoms with Gasteiger partial charge in [0.2, 0.25) is 0 Å². The van der Waals surface area contributed by atoms with Crippen LogP contribution in [0.3, 0.4) is 0 Å². The lowest BCUT2D eigenvalue weighted by Crippen LogP contribution is -2.61. The van der Waals surface area contributed by atoms with E-state index in [1.54, 1.807) is 37.3 Å². The van der Waals surface area contributed by atoms with E-state index in [1.165, 1.54) is 7.05 Å². The van der Waals surface area contributed by atoms with Crippen molar-refractivity contribution in [3.63, 3.8) is 0 Å². The number of benzene rings is 1. The van der Waals surface area contributed by atoms with E-state index in [4.69, 9.17) is 4.74 Å². The molecule has 1 aromatic rings. The van der Waals surface area contributed by atoms with Gasteiger partial charge < -0.3 is 19.7 Å². The molecule has 0 amide bonds. The van der Waals surface area contributed by atoms with Gasteiger partial charge in [0.05, 0.1) is 6.61 Å². The average molecular weight is 384 g/mol. The topological polar surface area (TPSA) is 147 Å². The third kappa shape index (κ3) is 4.59. The van der Waals surface area contributed by atoms with Crippen LogP contribution < -0.4 is 5.43 Å². The van der Waals surface area contributed by atoms with Crippen LogP contribution in [-0.2, 0) is 40.2 Å². The first-order valence-corrected chi connectivity index (χ1v) is 8.02. The standard InChI is InChI=1S/C16H20N2O9/c1-3-9-18(17-2)16(23,24-10-11-7-5-4-6-8-11)14(21)27-26-13(20)15(22)12(19)25-15/h4-8,17,22-23H,3,9-10H2,1-2H3. The summed E-state index contributed by atoms with van der Waals surface area (Å²) < 4.78 is 9.36. The van der Waals surface area contributed by atoms with Crippen LogP contribution in [0.2, 0.25) is 0 Å². The smallest absolute Gasteiger partial charge is 0.407 e. The lowest BCUT2D eigenvalue weighted by atomic mass is 10.2. The number of nitrogens with zero attached hydrogens (tertiary/aromatic N) is 1. The Kier molecular flexibility index (Phi) is 6.46. The number of hydrazine groups is 1. The lowest BCUT2D eigenvalue weighted by molar-refractivity contribution is -0.340. The fourth-order valence-electron chi connectivity index (χ4n) is 2.06. The van der Waals surface area contributed by atoms with Crippen LogP contribution in [0.1, 0.15) is 18.9 Å². The van der Waals surface area contributed by atoms with Gasteiger partial charge in [-0.2, -0.15) is 5.01 Å². The maximum absolute atomic E-state index is 12.3. The van der Waals surface area contributed by atoms with Gasteiger partial charge in [0.1, 0.15) is 0 Å². The minimum absolute atomic E-state index is 0.163.